The summed E-state index contributed by atoms with van der Waals surface area (Å²) in [7, 11) is 0. The highest BCUT2D eigenvalue weighted by Gasteiger charge is 2.17. The highest BCUT2D eigenvalue weighted by molar-refractivity contribution is 5.92. The molecule has 1 heterocycles. The van der Waals surface area contributed by atoms with Crippen LogP contribution in [-0.4, -0.2) is 40.9 Å². The molecule has 1 aliphatic heterocycles. The number of carboxylic acid groups (broad SMARTS) is 1. The van der Waals surface area contributed by atoms with Crippen LogP contribution in [0.25, 0.3) is 0 Å². The number of rotatable bonds is 8. The van der Waals surface area contributed by atoms with E-state index in [1.807, 2.05) is 29.2 Å². The van der Waals surface area contributed by atoms with Crippen LogP contribution in [0.5, 0.6) is 0 Å². The van der Waals surface area contributed by atoms with E-state index in [1.54, 1.807) is 24.3 Å². The van der Waals surface area contributed by atoms with Crippen molar-refractivity contribution in [2.24, 2.45) is 0 Å². The quantitative estimate of drug-likeness (QED) is 0.717. The van der Waals surface area contributed by atoms with Gasteiger partial charge in [-0.15, -0.1) is 0 Å². The second-order valence-electron chi connectivity index (χ2n) is 7.30. The molecular weight excluding hydrogens is 368 g/mol. The molecule has 2 N–H and O–H groups in total. The smallest absolute Gasteiger partial charge is 0.335 e. The molecule has 0 radical (unpaired) electrons. The molecule has 0 aliphatic carbocycles. The van der Waals surface area contributed by atoms with Crippen LogP contribution in [0.3, 0.4) is 0 Å². The Hall–Kier alpha value is -3.15. The zero-order valence-electron chi connectivity index (χ0n) is 16.4. The van der Waals surface area contributed by atoms with E-state index in [0.717, 1.165) is 31.5 Å². The van der Waals surface area contributed by atoms with E-state index in [1.165, 1.54) is 0 Å². The van der Waals surface area contributed by atoms with Gasteiger partial charge in [0.25, 0.3) is 0 Å². The van der Waals surface area contributed by atoms with Crippen molar-refractivity contribution in [1.82, 2.24) is 4.90 Å². The molecule has 2 aromatic carbocycles. The Morgan fingerprint density at radius 3 is 2.28 bits per heavy atom. The Labute approximate surface area is 170 Å². The van der Waals surface area contributed by atoms with Gasteiger partial charge in [0, 0.05) is 31.6 Å². The first-order valence-corrected chi connectivity index (χ1v) is 10.0. The minimum atomic E-state index is -0.986. The monoisotopic (exact) mass is 394 g/mol. The number of nitrogens with one attached hydrogen (secondary N) is 1. The SMILES string of the molecule is O=C(CCc1ccccc1C(=O)O)Nc1ccc(CCC(=O)N2CCCC2)cc1. The summed E-state index contributed by atoms with van der Waals surface area (Å²) in [6, 6.07) is 14.2. The number of hydrogen-bond acceptors (Lipinski definition) is 3. The standard InChI is InChI=1S/C23H26N2O4/c26-21(13-10-18-5-1-2-6-20(18)23(28)29)24-19-11-7-17(8-12-19)9-14-22(27)25-15-3-4-16-25/h1-2,5-8,11-12H,3-4,9-10,13-16H2,(H,24,26)(H,28,29). The predicted molar refractivity (Wildman–Crippen MR) is 111 cm³/mol. The maximum atomic E-state index is 12.2. The van der Waals surface area contributed by atoms with Gasteiger partial charge in [0.15, 0.2) is 0 Å². The number of carbonyl (C=O) groups is 3. The third-order valence-corrected chi connectivity index (χ3v) is 5.19. The van der Waals surface area contributed by atoms with Crippen molar-refractivity contribution in [2.45, 2.75) is 38.5 Å². The first-order valence-electron chi connectivity index (χ1n) is 10.0. The van der Waals surface area contributed by atoms with Gasteiger partial charge in [0.1, 0.15) is 0 Å². The van der Waals surface area contributed by atoms with Crippen molar-refractivity contribution >= 4 is 23.5 Å². The van der Waals surface area contributed by atoms with Gasteiger partial charge in [-0.05, 0) is 55.0 Å². The number of carbonyl (C=O) groups excluding carboxylic acids is 2. The molecule has 2 amide bonds. The number of hydrogen-bond donors (Lipinski definition) is 2. The highest BCUT2D eigenvalue weighted by Crippen LogP contribution is 2.15. The molecule has 3 rings (SSSR count). The topological polar surface area (TPSA) is 86.7 Å². The van der Waals surface area contributed by atoms with E-state index in [9.17, 15) is 19.5 Å². The summed E-state index contributed by atoms with van der Waals surface area (Å²) in [5, 5.41) is 12.0. The fraction of sp³-hybridized carbons (Fsp3) is 0.348. The summed E-state index contributed by atoms with van der Waals surface area (Å²) in [5.74, 6) is -0.941. The minimum Gasteiger partial charge on any atom is -0.478 e. The number of anilines is 1. The van der Waals surface area contributed by atoms with Gasteiger partial charge in [-0.25, -0.2) is 4.79 Å². The molecular formula is C23H26N2O4. The number of aryl methyl sites for hydroxylation is 2. The zero-order chi connectivity index (χ0) is 20.6. The molecule has 0 spiro atoms. The lowest BCUT2D eigenvalue weighted by molar-refractivity contribution is -0.130. The van der Waals surface area contributed by atoms with E-state index in [0.29, 0.717) is 30.5 Å². The zero-order valence-corrected chi connectivity index (χ0v) is 16.4. The predicted octanol–water partition coefficient (Wildman–Crippen LogP) is 3.51. The lowest BCUT2D eigenvalue weighted by atomic mass is 10.0. The number of aromatic carboxylic acids is 1. The van der Waals surface area contributed by atoms with E-state index in [-0.39, 0.29) is 23.8 Å². The number of benzene rings is 2. The number of nitrogens with zero attached hydrogens (tertiary/aromatic N) is 1. The molecule has 1 aliphatic rings. The number of amides is 2. The molecule has 2 aromatic rings. The van der Waals surface area contributed by atoms with Gasteiger partial charge in [-0.3, -0.25) is 9.59 Å². The Bertz CT molecular complexity index is 871. The van der Waals surface area contributed by atoms with Crippen LogP contribution >= 0.6 is 0 Å². The Kier molecular flexibility index (Phi) is 7.00. The number of likely N-dealkylation sites (tertiary alicyclic amines) is 1. The van der Waals surface area contributed by atoms with Crippen LogP contribution in [0.1, 0.15) is 47.2 Å². The highest BCUT2D eigenvalue weighted by atomic mass is 16.4. The van der Waals surface area contributed by atoms with Crippen LogP contribution in [0.2, 0.25) is 0 Å². The van der Waals surface area contributed by atoms with E-state index in [4.69, 9.17) is 0 Å². The number of carboxylic acids is 1. The van der Waals surface area contributed by atoms with Crippen LogP contribution in [0, 0.1) is 0 Å². The van der Waals surface area contributed by atoms with Crippen LogP contribution in [0.15, 0.2) is 48.5 Å². The maximum Gasteiger partial charge on any atom is 0.335 e. The van der Waals surface area contributed by atoms with Crippen molar-refractivity contribution in [2.75, 3.05) is 18.4 Å². The fourth-order valence-corrected chi connectivity index (χ4v) is 3.55. The summed E-state index contributed by atoms with van der Waals surface area (Å²) in [6.07, 6.45) is 3.97. The summed E-state index contributed by atoms with van der Waals surface area (Å²) >= 11 is 0. The van der Waals surface area contributed by atoms with Crippen molar-refractivity contribution in [1.29, 1.82) is 0 Å². The third kappa shape index (κ3) is 5.91. The van der Waals surface area contributed by atoms with Gasteiger partial charge in [0.05, 0.1) is 5.56 Å². The van der Waals surface area contributed by atoms with Crippen molar-refractivity contribution < 1.29 is 19.5 Å². The lowest BCUT2D eigenvalue weighted by Gasteiger charge is -2.15. The first kappa shape index (κ1) is 20.6. The van der Waals surface area contributed by atoms with E-state index >= 15 is 0 Å². The van der Waals surface area contributed by atoms with Gasteiger partial charge in [0.2, 0.25) is 11.8 Å². The van der Waals surface area contributed by atoms with Crippen LogP contribution in [0.4, 0.5) is 5.69 Å². The molecule has 6 nitrogen and oxygen atoms in total. The molecule has 0 unspecified atom stereocenters. The summed E-state index contributed by atoms with van der Waals surface area (Å²) in [6.45, 7) is 1.75. The molecule has 1 saturated heterocycles. The van der Waals surface area contributed by atoms with E-state index < -0.39 is 5.97 Å². The summed E-state index contributed by atoms with van der Waals surface area (Å²) in [4.78, 5) is 37.5. The summed E-state index contributed by atoms with van der Waals surface area (Å²) < 4.78 is 0. The molecule has 0 aromatic heterocycles. The Morgan fingerprint density at radius 2 is 1.59 bits per heavy atom. The molecule has 152 valence electrons. The molecule has 0 atom stereocenters. The van der Waals surface area contributed by atoms with Gasteiger partial charge in [-0.2, -0.15) is 0 Å². The van der Waals surface area contributed by atoms with Crippen molar-refractivity contribution in [3.05, 3.63) is 65.2 Å². The van der Waals surface area contributed by atoms with Gasteiger partial charge < -0.3 is 15.3 Å². The largest absolute Gasteiger partial charge is 0.478 e. The molecule has 0 bridgehead atoms. The average Bonchev–Trinajstić information content (AvgIpc) is 3.27. The second-order valence-corrected chi connectivity index (χ2v) is 7.30. The van der Waals surface area contributed by atoms with Crippen molar-refractivity contribution in [3.63, 3.8) is 0 Å². The first-order chi connectivity index (χ1) is 14.0. The van der Waals surface area contributed by atoms with Gasteiger partial charge in [-0.1, -0.05) is 30.3 Å². The second kappa shape index (κ2) is 9.87. The molecule has 0 saturated carbocycles. The Balaban J connectivity index is 1.46. The molecule has 29 heavy (non-hydrogen) atoms. The third-order valence-electron chi connectivity index (χ3n) is 5.19. The molecule has 1 fully saturated rings. The van der Waals surface area contributed by atoms with Crippen molar-refractivity contribution in [3.8, 4) is 0 Å². The Morgan fingerprint density at radius 1 is 0.897 bits per heavy atom. The average molecular weight is 394 g/mol. The minimum absolute atomic E-state index is 0.165. The van der Waals surface area contributed by atoms with Gasteiger partial charge >= 0.3 is 5.97 Å². The van der Waals surface area contributed by atoms with Crippen LogP contribution in [-0.2, 0) is 22.4 Å². The molecule has 6 heteroatoms. The van der Waals surface area contributed by atoms with E-state index in [2.05, 4.69) is 5.32 Å². The fourth-order valence-electron chi connectivity index (χ4n) is 3.55. The maximum absolute atomic E-state index is 12.2. The lowest BCUT2D eigenvalue weighted by Crippen LogP contribution is -2.27. The summed E-state index contributed by atoms with van der Waals surface area (Å²) in [5.41, 5.74) is 2.63. The van der Waals surface area contributed by atoms with Crippen LogP contribution < -0.4 is 5.32 Å². The normalized spacial score (nSPS) is 13.3.